The number of hydrazone groups is 1. The zero-order valence-corrected chi connectivity index (χ0v) is 18.9. The molecule has 0 saturated carbocycles. The van der Waals surface area contributed by atoms with Crippen molar-refractivity contribution in [2.24, 2.45) is 12.1 Å². The van der Waals surface area contributed by atoms with Crippen molar-refractivity contribution in [1.29, 1.82) is 0 Å². The summed E-state index contributed by atoms with van der Waals surface area (Å²) in [5.74, 6) is 0. The number of fused-ring (bicyclic) bond motifs is 2. The lowest BCUT2D eigenvalue weighted by Gasteiger charge is -2.16. The van der Waals surface area contributed by atoms with Crippen LogP contribution in [0.1, 0.15) is 39.3 Å². The first-order valence-corrected chi connectivity index (χ1v) is 11.3. The number of hydrogen-bond acceptors (Lipinski definition) is 6. The Labute approximate surface area is 189 Å². The molecule has 0 atom stereocenters. The monoisotopic (exact) mass is 444 g/mol. The van der Waals surface area contributed by atoms with Crippen LogP contribution in [0.25, 0.3) is 22.6 Å². The number of rotatable bonds is 7. The molecule has 0 radical (unpaired) electrons. The first-order valence-electron chi connectivity index (χ1n) is 10.6. The number of carbonyl (C=O) groups is 1. The molecule has 162 valence electrons. The Balaban J connectivity index is 1.44. The first kappa shape index (κ1) is 20.4. The number of aldehydes is 1. The summed E-state index contributed by atoms with van der Waals surface area (Å²) in [5, 5.41) is 17.1. The van der Waals surface area contributed by atoms with Gasteiger partial charge in [-0.25, -0.2) is 4.37 Å². The molecular formula is C24H24N6OS. The molecule has 0 aliphatic heterocycles. The molecule has 0 bridgehead atoms. The number of aromatic nitrogens is 4. The van der Waals surface area contributed by atoms with E-state index >= 15 is 0 Å². The van der Waals surface area contributed by atoms with Gasteiger partial charge in [-0.3, -0.25) is 14.9 Å². The number of H-pyrrole nitrogens is 1. The molecule has 3 heterocycles. The Morgan fingerprint density at radius 2 is 2.25 bits per heavy atom. The lowest BCUT2D eigenvalue weighted by atomic mass is 10.0. The maximum Gasteiger partial charge on any atom is 0.167 e. The zero-order valence-electron chi connectivity index (χ0n) is 18.1. The fourth-order valence-corrected chi connectivity index (χ4v) is 4.96. The molecule has 8 heteroatoms. The van der Waals surface area contributed by atoms with Crippen LogP contribution >= 0.6 is 11.5 Å². The highest BCUT2D eigenvalue weighted by Crippen LogP contribution is 2.26. The second kappa shape index (κ2) is 8.55. The van der Waals surface area contributed by atoms with Crippen LogP contribution in [0.2, 0.25) is 0 Å². The Kier molecular flexibility index (Phi) is 5.45. The molecule has 1 N–H and O–H groups in total. The van der Waals surface area contributed by atoms with E-state index in [-0.39, 0.29) is 0 Å². The van der Waals surface area contributed by atoms with E-state index in [2.05, 4.69) is 43.9 Å². The summed E-state index contributed by atoms with van der Waals surface area (Å²) in [5.41, 5.74) is 5.02. The molecule has 1 aliphatic rings. The Morgan fingerprint density at radius 1 is 1.34 bits per heavy atom. The van der Waals surface area contributed by atoms with Crippen LogP contribution in [0.4, 0.5) is 0 Å². The summed E-state index contributed by atoms with van der Waals surface area (Å²) in [6.07, 6.45) is 11.5. The highest BCUT2D eigenvalue weighted by Gasteiger charge is 2.15. The van der Waals surface area contributed by atoms with Gasteiger partial charge in [0.25, 0.3) is 0 Å². The number of nitrogens with zero attached hydrogens (tertiary/aromatic N) is 5. The maximum atomic E-state index is 11.9. The third-order valence-electron chi connectivity index (χ3n) is 5.98. The Bertz CT molecular complexity index is 1430. The van der Waals surface area contributed by atoms with Gasteiger partial charge in [-0.15, -0.1) is 0 Å². The summed E-state index contributed by atoms with van der Waals surface area (Å²) in [7, 11) is 3.89. The Morgan fingerprint density at radius 3 is 3.06 bits per heavy atom. The van der Waals surface area contributed by atoms with E-state index in [1.54, 1.807) is 6.21 Å². The minimum absolute atomic E-state index is 0.629. The van der Waals surface area contributed by atoms with E-state index in [0.717, 1.165) is 53.9 Å². The molecule has 1 aliphatic carbocycles. The van der Waals surface area contributed by atoms with Crippen LogP contribution in [-0.4, -0.2) is 50.2 Å². The van der Waals surface area contributed by atoms with Gasteiger partial charge in [-0.2, -0.15) is 10.2 Å². The maximum absolute atomic E-state index is 11.9. The average molecular weight is 445 g/mol. The number of aromatic amines is 1. The van der Waals surface area contributed by atoms with Crippen molar-refractivity contribution in [3.05, 3.63) is 68.9 Å². The van der Waals surface area contributed by atoms with Gasteiger partial charge in [-0.1, -0.05) is 18.2 Å². The fourth-order valence-electron chi connectivity index (χ4n) is 4.35. The van der Waals surface area contributed by atoms with Crippen molar-refractivity contribution >= 4 is 46.6 Å². The van der Waals surface area contributed by atoms with E-state index in [1.807, 2.05) is 42.1 Å². The lowest BCUT2D eigenvalue weighted by molar-refractivity contribution is 0.111. The van der Waals surface area contributed by atoms with Gasteiger partial charge in [-0.05, 0) is 47.6 Å². The van der Waals surface area contributed by atoms with Crippen molar-refractivity contribution in [2.45, 2.75) is 19.3 Å². The predicted octanol–water partition coefficient (Wildman–Crippen LogP) is 2.45. The minimum atomic E-state index is 0.629. The van der Waals surface area contributed by atoms with Gasteiger partial charge in [0, 0.05) is 53.3 Å². The number of aryl methyl sites for hydroxylation is 1. The zero-order chi connectivity index (χ0) is 22.1. The SMILES string of the molecule is CN(CC1=c2cn[nH]c2=CCC1)/N=C\c1c(C=O)n(C)c2cc(Cc3ccns3)ccc12. The van der Waals surface area contributed by atoms with Crippen LogP contribution in [0.3, 0.4) is 0 Å². The van der Waals surface area contributed by atoms with E-state index in [9.17, 15) is 4.79 Å². The minimum Gasteiger partial charge on any atom is -0.341 e. The molecule has 0 unspecified atom stereocenters. The molecule has 0 saturated heterocycles. The van der Waals surface area contributed by atoms with Gasteiger partial charge in [0.15, 0.2) is 6.29 Å². The lowest BCUT2D eigenvalue weighted by Crippen LogP contribution is -2.31. The average Bonchev–Trinajstić information content (AvgIpc) is 3.53. The van der Waals surface area contributed by atoms with Gasteiger partial charge in [0.2, 0.25) is 0 Å². The standard InChI is InChI=1S/C24H24N6OS/c1-29(14-17-4-3-5-22-20(17)12-25-28-22)26-13-21-19-7-6-16(10-18-8-9-27-32-18)11-23(19)30(2)24(21)15-31/h5-9,11-13,15,28H,3-4,10,14H2,1-2H3/b26-13-. The summed E-state index contributed by atoms with van der Waals surface area (Å²) in [4.78, 5) is 13.1. The highest BCUT2D eigenvalue weighted by atomic mass is 32.1. The van der Waals surface area contributed by atoms with Crippen molar-refractivity contribution in [3.63, 3.8) is 0 Å². The fraction of sp³-hybridized carbons (Fsp3) is 0.250. The number of benzene rings is 1. The van der Waals surface area contributed by atoms with Crippen molar-refractivity contribution < 1.29 is 4.79 Å². The highest BCUT2D eigenvalue weighted by molar-refractivity contribution is 7.05. The molecule has 0 fully saturated rings. The van der Waals surface area contributed by atoms with Crippen LogP contribution < -0.4 is 10.6 Å². The van der Waals surface area contributed by atoms with E-state index in [0.29, 0.717) is 5.69 Å². The molecule has 0 spiro atoms. The first-order chi connectivity index (χ1) is 15.6. The molecule has 32 heavy (non-hydrogen) atoms. The molecule has 0 amide bonds. The molecule has 4 aromatic rings. The summed E-state index contributed by atoms with van der Waals surface area (Å²) >= 11 is 1.51. The van der Waals surface area contributed by atoms with Crippen molar-refractivity contribution in [3.8, 4) is 0 Å². The largest absolute Gasteiger partial charge is 0.341 e. The number of nitrogens with one attached hydrogen (secondary N) is 1. The second-order valence-electron chi connectivity index (χ2n) is 8.09. The number of hydrogen-bond donors (Lipinski definition) is 1. The topological polar surface area (TPSA) is 79.2 Å². The smallest absolute Gasteiger partial charge is 0.167 e. The molecule has 5 rings (SSSR count). The van der Waals surface area contributed by atoms with Crippen LogP contribution in [0.5, 0.6) is 0 Å². The van der Waals surface area contributed by atoms with E-state index < -0.39 is 0 Å². The van der Waals surface area contributed by atoms with Gasteiger partial charge < -0.3 is 4.57 Å². The molecule has 3 aromatic heterocycles. The van der Waals surface area contributed by atoms with Crippen LogP contribution in [0.15, 0.2) is 41.8 Å². The number of carbonyl (C=O) groups excluding carboxylic acids is 1. The van der Waals surface area contributed by atoms with Crippen molar-refractivity contribution in [1.82, 2.24) is 24.1 Å². The summed E-state index contributed by atoms with van der Waals surface area (Å²) in [6.45, 7) is 0.719. The van der Waals surface area contributed by atoms with Gasteiger partial charge >= 0.3 is 0 Å². The normalized spacial score (nSPS) is 13.5. The molecule has 1 aromatic carbocycles. The summed E-state index contributed by atoms with van der Waals surface area (Å²) < 4.78 is 6.13. The third kappa shape index (κ3) is 3.78. The predicted molar refractivity (Wildman–Crippen MR) is 128 cm³/mol. The van der Waals surface area contributed by atoms with Crippen LogP contribution in [-0.2, 0) is 13.5 Å². The summed E-state index contributed by atoms with van der Waals surface area (Å²) in [6, 6.07) is 8.40. The van der Waals surface area contributed by atoms with E-state index in [1.165, 1.54) is 32.8 Å². The van der Waals surface area contributed by atoms with E-state index in [4.69, 9.17) is 0 Å². The second-order valence-corrected chi connectivity index (χ2v) is 9.00. The van der Waals surface area contributed by atoms with Crippen molar-refractivity contribution in [2.75, 3.05) is 13.6 Å². The van der Waals surface area contributed by atoms with Crippen LogP contribution in [0, 0.1) is 0 Å². The van der Waals surface area contributed by atoms with Gasteiger partial charge in [0.1, 0.15) is 0 Å². The molecule has 7 nitrogen and oxygen atoms in total. The quantitative estimate of drug-likeness (QED) is 0.270. The third-order valence-corrected chi connectivity index (χ3v) is 6.72. The van der Waals surface area contributed by atoms with Gasteiger partial charge in [0.05, 0.1) is 30.0 Å². The Hall–Kier alpha value is -3.52. The molecular weight excluding hydrogens is 420 g/mol.